The summed E-state index contributed by atoms with van der Waals surface area (Å²) in [5.41, 5.74) is 5.25. The molecule has 2 rings (SSSR count). The number of rotatable bonds is 2. The van der Waals surface area contributed by atoms with Crippen molar-refractivity contribution >= 4 is 5.82 Å². The Morgan fingerprint density at radius 2 is 2.19 bits per heavy atom. The molecule has 0 bridgehead atoms. The predicted octanol–water partition coefficient (Wildman–Crippen LogP) is -0.438. The minimum absolute atomic E-state index is 0.124. The monoisotopic (exact) mass is 218 g/mol. The van der Waals surface area contributed by atoms with Crippen LogP contribution in [0.3, 0.4) is 0 Å². The van der Waals surface area contributed by atoms with Crippen LogP contribution in [0.2, 0.25) is 0 Å². The van der Waals surface area contributed by atoms with Crippen LogP contribution in [0.25, 0.3) is 0 Å². The minimum atomic E-state index is -0.532. The number of nitrogen functional groups attached to an aromatic ring is 1. The van der Waals surface area contributed by atoms with Gasteiger partial charge in [-0.05, 0) is 12.1 Å². The van der Waals surface area contributed by atoms with Crippen LogP contribution in [0.4, 0.5) is 5.82 Å². The summed E-state index contributed by atoms with van der Waals surface area (Å²) in [7, 11) is 0. The van der Waals surface area contributed by atoms with Crippen LogP contribution in [0.5, 0.6) is 0 Å². The number of nitrogens with one attached hydrogen (secondary N) is 1. The summed E-state index contributed by atoms with van der Waals surface area (Å²) in [6.07, 6.45) is 1.63. The molecule has 6 nitrogen and oxygen atoms in total. The first kappa shape index (κ1) is 10.2. The van der Waals surface area contributed by atoms with Crippen molar-refractivity contribution in [3.05, 3.63) is 57.0 Å². The maximum absolute atomic E-state index is 11.5. The zero-order valence-electron chi connectivity index (χ0n) is 8.38. The summed E-state index contributed by atoms with van der Waals surface area (Å²) < 4.78 is 1.25. The highest BCUT2D eigenvalue weighted by Crippen LogP contribution is 1.99. The van der Waals surface area contributed by atoms with Gasteiger partial charge in [-0.25, -0.2) is 4.79 Å². The van der Waals surface area contributed by atoms with E-state index in [-0.39, 0.29) is 12.4 Å². The van der Waals surface area contributed by atoms with Gasteiger partial charge in [0.25, 0.3) is 5.56 Å². The van der Waals surface area contributed by atoms with E-state index in [4.69, 9.17) is 5.73 Å². The maximum atomic E-state index is 11.5. The Balaban J connectivity index is 2.43. The second-order valence-electron chi connectivity index (χ2n) is 3.27. The Labute approximate surface area is 90.4 Å². The lowest BCUT2D eigenvalue weighted by Crippen LogP contribution is -2.31. The van der Waals surface area contributed by atoms with E-state index in [1.165, 1.54) is 10.6 Å². The number of hydrogen-bond acceptors (Lipinski definition) is 4. The van der Waals surface area contributed by atoms with Gasteiger partial charge in [-0.15, -0.1) is 0 Å². The van der Waals surface area contributed by atoms with Crippen LogP contribution in [-0.2, 0) is 6.54 Å². The van der Waals surface area contributed by atoms with Crippen LogP contribution in [0.15, 0.2) is 40.1 Å². The molecule has 0 saturated heterocycles. The highest BCUT2D eigenvalue weighted by molar-refractivity contribution is 5.27. The number of hydrogen-bond donors (Lipinski definition) is 2. The molecule has 0 spiro atoms. The molecule has 2 aromatic heterocycles. The molecule has 82 valence electrons. The summed E-state index contributed by atoms with van der Waals surface area (Å²) in [5, 5.41) is 0. The lowest BCUT2D eigenvalue weighted by Gasteiger charge is -2.07. The third-order valence-electron chi connectivity index (χ3n) is 2.11. The Morgan fingerprint density at radius 3 is 2.81 bits per heavy atom. The second-order valence-corrected chi connectivity index (χ2v) is 3.27. The van der Waals surface area contributed by atoms with Crippen molar-refractivity contribution in [1.82, 2.24) is 14.5 Å². The molecule has 2 aromatic rings. The Hall–Kier alpha value is -2.37. The Bertz CT molecular complexity index is 600. The molecule has 0 radical (unpaired) electrons. The molecule has 0 atom stereocenters. The molecule has 0 saturated carbocycles. The van der Waals surface area contributed by atoms with E-state index in [2.05, 4.69) is 9.97 Å². The number of nitrogens with two attached hydrogens (primary N) is 1. The number of H-pyrrole nitrogens is 1. The lowest BCUT2D eigenvalue weighted by molar-refractivity contribution is 0.717. The van der Waals surface area contributed by atoms with Crippen molar-refractivity contribution in [2.24, 2.45) is 0 Å². The van der Waals surface area contributed by atoms with Gasteiger partial charge in [-0.1, -0.05) is 6.07 Å². The van der Waals surface area contributed by atoms with Gasteiger partial charge in [0.05, 0.1) is 12.2 Å². The quantitative estimate of drug-likeness (QED) is 0.714. The Morgan fingerprint density at radius 1 is 1.38 bits per heavy atom. The average Bonchev–Trinajstić information content (AvgIpc) is 2.25. The molecular weight excluding hydrogens is 208 g/mol. The van der Waals surface area contributed by atoms with Crippen molar-refractivity contribution in [2.45, 2.75) is 6.54 Å². The van der Waals surface area contributed by atoms with Gasteiger partial charge in [-0.3, -0.25) is 19.3 Å². The van der Waals surface area contributed by atoms with Gasteiger partial charge in [0.1, 0.15) is 5.82 Å². The van der Waals surface area contributed by atoms with Gasteiger partial charge in [-0.2, -0.15) is 0 Å². The normalized spacial score (nSPS) is 10.2. The summed E-state index contributed by atoms with van der Waals surface area (Å²) >= 11 is 0. The molecule has 0 unspecified atom stereocenters. The van der Waals surface area contributed by atoms with E-state index in [9.17, 15) is 9.59 Å². The van der Waals surface area contributed by atoms with Crippen molar-refractivity contribution in [1.29, 1.82) is 0 Å². The van der Waals surface area contributed by atoms with Crippen molar-refractivity contribution in [3.63, 3.8) is 0 Å². The van der Waals surface area contributed by atoms with E-state index in [1.54, 1.807) is 18.3 Å². The summed E-state index contributed by atoms with van der Waals surface area (Å²) in [6.45, 7) is 0.238. The van der Waals surface area contributed by atoms with Gasteiger partial charge >= 0.3 is 5.69 Å². The fourth-order valence-electron chi connectivity index (χ4n) is 1.36. The largest absolute Gasteiger partial charge is 0.385 e. The van der Waals surface area contributed by atoms with E-state index < -0.39 is 11.2 Å². The third-order valence-corrected chi connectivity index (χ3v) is 2.11. The number of anilines is 1. The zero-order valence-corrected chi connectivity index (χ0v) is 8.38. The molecule has 6 heteroatoms. The van der Waals surface area contributed by atoms with Crippen LogP contribution in [0, 0.1) is 0 Å². The SMILES string of the molecule is Nc1cc(=O)[nH]c(=O)n1Cc1ccccn1. The van der Waals surface area contributed by atoms with Gasteiger partial charge < -0.3 is 5.73 Å². The molecule has 0 aliphatic rings. The van der Waals surface area contributed by atoms with Gasteiger partial charge in [0, 0.05) is 12.3 Å². The van der Waals surface area contributed by atoms with Gasteiger partial charge in [0.15, 0.2) is 0 Å². The van der Waals surface area contributed by atoms with Crippen molar-refractivity contribution in [2.75, 3.05) is 5.73 Å². The minimum Gasteiger partial charge on any atom is -0.385 e. The van der Waals surface area contributed by atoms with E-state index in [0.29, 0.717) is 5.69 Å². The van der Waals surface area contributed by atoms with E-state index in [0.717, 1.165) is 0 Å². The fraction of sp³-hybridized carbons (Fsp3) is 0.100. The predicted molar refractivity (Wildman–Crippen MR) is 59.1 cm³/mol. The van der Waals surface area contributed by atoms with Crippen LogP contribution in [-0.4, -0.2) is 14.5 Å². The molecule has 0 fully saturated rings. The third kappa shape index (κ3) is 2.00. The van der Waals surface area contributed by atoms with Crippen molar-refractivity contribution < 1.29 is 0 Å². The standard InChI is InChI=1S/C10H10N4O2/c11-8-5-9(15)13-10(16)14(8)6-7-3-1-2-4-12-7/h1-5H,6,11H2,(H,13,15,16). The maximum Gasteiger partial charge on any atom is 0.330 e. The van der Waals surface area contributed by atoms with Gasteiger partial charge in [0.2, 0.25) is 0 Å². The molecule has 3 N–H and O–H groups in total. The van der Waals surface area contributed by atoms with Crippen LogP contribution in [0.1, 0.15) is 5.69 Å². The topological polar surface area (TPSA) is 93.8 Å². The summed E-state index contributed by atoms with van der Waals surface area (Å²) in [4.78, 5) is 28.6. The van der Waals surface area contributed by atoms with Crippen LogP contribution >= 0.6 is 0 Å². The highest BCUT2D eigenvalue weighted by Gasteiger charge is 2.03. The first-order chi connectivity index (χ1) is 7.66. The molecule has 0 aromatic carbocycles. The first-order valence-corrected chi connectivity index (χ1v) is 4.66. The first-order valence-electron chi connectivity index (χ1n) is 4.66. The van der Waals surface area contributed by atoms with E-state index >= 15 is 0 Å². The summed E-state index contributed by atoms with van der Waals surface area (Å²) in [5.74, 6) is 0.124. The smallest absolute Gasteiger partial charge is 0.330 e. The molecule has 16 heavy (non-hydrogen) atoms. The number of nitrogens with zero attached hydrogens (tertiary/aromatic N) is 2. The zero-order chi connectivity index (χ0) is 11.5. The second kappa shape index (κ2) is 4.01. The number of aromatic nitrogens is 3. The van der Waals surface area contributed by atoms with E-state index in [1.807, 2.05) is 6.07 Å². The number of pyridine rings is 1. The molecular formula is C10H10N4O2. The Kier molecular flexibility index (Phi) is 2.55. The van der Waals surface area contributed by atoms with Crippen LogP contribution < -0.4 is 17.0 Å². The average molecular weight is 218 g/mol. The lowest BCUT2D eigenvalue weighted by atomic mass is 10.3. The van der Waals surface area contributed by atoms with Crippen molar-refractivity contribution in [3.8, 4) is 0 Å². The molecule has 0 amide bonds. The molecule has 0 aliphatic carbocycles. The molecule has 0 aliphatic heterocycles. The molecule has 2 heterocycles. The number of aromatic amines is 1. The highest BCUT2D eigenvalue weighted by atomic mass is 16.2. The summed E-state index contributed by atoms with van der Waals surface area (Å²) in [6, 6.07) is 6.54. The fourth-order valence-corrected chi connectivity index (χ4v) is 1.36.